The van der Waals surface area contributed by atoms with Crippen molar-refractivity contribution in [3.05, 3.63) is 72.3 Å². The number of carbonyl (C=O) groups is 2. The second kappa shape index (κ2) is 7.00. The monoisotopic (exact) mass is 347 g/mol. The first kappa shape index (κ1) is 17.7. The van der Waals surface area contributed by atoms with Gasteiger partial charge in [-0.2, -0.15) is 0 Å². The van der Waals surface area contributed by atoms with Gasteiger partial charge in [-0.3, -0.25) is 9.59 Å². The zero-order chi connectivity index (χ0) is 18.7. The Hall–Kier alpha value is -3.14. The first-order chi connectivity index (χ1) is 12.4. The molecule has 0 aliphatic rings. The van der Waals surface area contributed by atoms with Gasteiger partial charge in [0.2, 0.25) is 0 Å². The highest BCUT2D eigenvalue weighted by molar-refractivity contribution is 6.13. The van der Waals surface area contributed by atoms with Crippen molar-refractivity contribution in [3.63, 3.8) is 0 Å². The standard InChI is InChI=1S/C22H21NO3/c1-22(2,3)21(25)26-19-14-7-6-13-18(19)23-20(24)17-12-8-10-15-9-4-5-11-16(15)17/h4-14H,1-3H3,(H,23,24). The number of benzene rings is 3. The maximum absolute atomic E-state index is 12.8. The van der Waals surface area contributed by atoms with Crippen molar-refractivity contribution < 1.29 is 14.3 Å². The van der Waals surface area contributed by atoms with Gasteiger partial charge >= 0.3 is 5.97 Å². The molecule has 4 nitrogen and oxygen atoms in total. The number of ether oxygens (including phenoxy) is 1. The predicted molar refractivity (Wildman–Crippen MR) is 103 cm³/mol. The fourth-order valence-corrected chi connectivity index (χ4v) is 2.52. The SMILES string of the molecule is CC(C)(C)C(=O)Oc1ccccc1NC(=O)c1cccc2ccccc12. The van der Waals surface area contributed by atoms with Crippen molar-refractivity contribution in [1.82, 2.24) is 0 Å². The van der Waals surface area contributed by atoms with Gasteiger partial charge < -0.3 is 10.1 Å². The quantitative estimate of drug-likeness (QED) is 0.533. The summed E-state index contributed by atoms with van der Waals surface area (Å²) < 4.78 is 5.48. The first-order valence-electron chi connectivity index (χ1n) is 8.47. The van der Waals surface area contributed by atoms with E-state index in [-0.39, 0.29) is 11.9 Å². The summed E-state index contributed by atoms with van der Waals surface area (Å²) >= 11 is 0. The van der Waals surface area contributed by atoms with Gasteiger partial charge in [-0.15, -0.1) is 0 Å². The van der Waals surface area contributed by atoms with Gasteiger partial charge in [-0.25, -0.2) is 0 Å². The minimum atomic E-state index is -0.632. The van der Waals surface area contributed by atoms with Crippen LogP contribution >= 0.6 is 0 Å². The molecule has 3 aromatic rings. The van der Waals surface area contributed by atoms with E-state index >= 15 is 0 Å². The number of anilines is 1. The topological polar surface area (TPSA) is 55.4 Å². The van der Waals surface area contributed by atoms with E-state index in [4.69, 9.17) is 4.74 Å². The highest BCUT2D eigenvalue weighted by atomic mass is 16.5. The highest BCUT2D eigenvalue weighted by Gasteiger charge is 2.25. The van der Waals surface area contributed by atoms with Crippen molar-refractivity contribution >= 4 is 28.3 Å². The molecule has 132 valence electrons. The number of hydrogen-bond acceptors (Lipinski definition) is 3. The van der Waals surface area contributed by atoms with Crippen LogP contribution in [0.25, 0.3) is 10.8 Å². The molecule has 0 aliphatic heterocycles. The number of nitrogens with one attached hydrogen (secondary N) is 1. The van der Waals surface area contributed by atoms with E-state index in [0.29, 0.717) is 17.0 Å². The average molecular weight is 347 g/mol. The summed E-state index contributed by atoms with van der Waals surface area (Å²) in [7, 11) is 0. The normalized spacial score (nSPS) is 11.2. The molecule has 0 aromatic heterocycles. The Morgan fingerprint density at radius 2 is 1.50 bits per heavy atom. The Kier molecular flexibility index (Phi) is 4.76. The maximum Gasteiger partial charge on any atom is 0.316 e. The van der Waals surface area contributed by atoms with Crippen molar-refractivity contribution in [2.24, 2.45) is 5.41 Å². The molecule has 26 heavy (non-hydrogen) atoms. The Morgan fingerprint density at radius 3 is 2.27 bits per heavy atom. The Balaban J connectivity index is 1.89. The van der Waals surface area contributed by atoms with E-state index in [0.717, 1.165) is 10.8 Å². The third-order valence-electron chi connectivity index (χ3n) is 3.98. The molecule has 1 N–H and O–H groups in total. The van der Waals surface area contributed by atoms with Gasteiger partial charge in [0, 0.05) is 5.56 Å². The van der Waals surface area contributed by atoms with Crippen molar-refractivity contribution in [3.8, 4) is 5.75 Å². The Labute approximate surface area is 152 Å². The molecule has 3 rings (SSSR count). The molecule has 0 fully saturated rings. The van der Waals surface area contributed by atoms with E-state index in [2.05, 4.69) is 5.32 Å². The average Bonchev–Trinajstić information content (AvgIpc) is 2.62. The van der Waals surface area contributed by atoms with Crippen LogP contribution in [0.3, 0.4) is 0 Å². The lowest BCUT2D eigenvalue weighted by molar-refractivity contribution is -0.142. The van der Waals surface area contributed by atoms with Gasteiger partial charge in [0.25, 0.3) is 5.91 Å². The van der Waals surface area contributed by atoms with Gasteiger partial charge in [0.05, 0.1) is 11.1 Å². The van der Waals surface area contributed by atoms with Crippen molar-refractivity contribution in [2.45, 2.75) is 20.8 Å². The van der Waals surface area contributed by atoms with Crippen LogP contribution < -0.4 is 10.1 Å². The molecule has 4 heteroatoms. The molecule has 3 aromatic carbocycles. The van der Waals surface area contributed by atoms with E-state index in [9.17, 15) is 9.59 Å². The molecule has 0 atom stereocenters. The summed E-state index contributed by atoms with van der Waals surface area (Å²) in [6.07, 6.45) is 0. The van der Waals surface area contributed by atoms with Crippen LogP contribution in [0.2, 0.25) is 0 Å². The maximum atomic E-state index is 12.8. The smallest absolute Gasteiger partial charge is 0.316 e. The lowest BCUT2D eigenvalue weighted by Crippen LogP contribution is -2.26. The summed E-state index contributed by atoms with van der Waals surface area (Å²) in [5, 5.41) is 4.72. The van der Waals surface area contributed by atoms with Crippen LogP contribution in [-0.4, -0.2) is 11.9 Å². The second-order valence-electron chi connectivity index (χ2n) is 7.12. The number of rotatable bonds is 3. The number of hydrogen-bond donors (Lipinski definition) is 1. The zero-order valence-electron chi connectivity index (χ0n) is 15.1. The van der Waals surface area contributed by atoms with E-state index in [1.54, 1.807) is 51.1 Å². The second-order valence-corrected chi connectivity index (χ2v) is 7.12. The van der Waals surface area contributed by atoms with Crippen LogP contribution in [0.5, 0.6) is 5.75 Å². The van der Waals surface area contributed by atoms with E-state index in [1.165, 1.54) is 0 Å². The molecule has 0 aliphatic carbocycles. The highest BCUT2D eigenvalue weighted by Crippen LogP contribution is 2.28. The zero-order valence-corrected chi connectivity index (χ0v) is 15.1. The number of esters is 1. The molecular weight excluding hydrogens is 326 g/mol. The van der Waals surface area contributed by atoms with Crippen LogP contribution in [0.15, 0.2) is 66.7 Å². The van der Waals surface area contributed by atoms with Crippen LogP contribution in [-0.2, 0) is 4.79 Å². The number of para-hydroxylation sites is 2. The third-order valence-corrected chi connectivity index (χ3v) is 3.98. The van der Waals surface area contributed by atoms with Crippen LogP contribution in [0, 0.1) is 5.41 Å². The summed E-state index contributed by atoms with van der Waals surface area (Å²) in [6.45, 7) is 5.35. The number of fused-ring (bicyclic) bond motifs is 1. The minimum absolute atomic E-state index is 0.249. The molecular formula is C22H21NO3. The van der Waals surface area contributed by atoms with Crippen molar-refractivity contribution in [1.29, 1.82) is 0 Å². The first-order valence-corrected chi connectivity index (χ1v) is 8.47. The lowest BCUT2D eigenvalue weighted by atomic mass is 9.97. The molecule has 0 heterocycles. The molecule has 0 saturated carbocycles. The summed E-state index contributed by atoms with van der Waals surface area (Å²) in [5.74, 6) is -0.272. The Morgan fingerprint density at radius 1 is 0.846 bits per heavy atom. The van der Waals surface area contributed by atoms with Gasteiger partial charge in [-0.1, -0.05) is 48.5 Å². The summed E-state index contributed by atoms with van der Waals surface area (Å²) in [6, 6.07) is 20.2. The molecule has 0 bridgehead atoms. The van der Waals surface area contributed by atoms with E-state index < -0.39 is 5.41 Å². The van der Waals surface area contributed by atoms with Gasteiger partial charge in [-0.05, 0) is 49.7 Å². The molecule has 0 spiro atoms. The fraction of sp³-hybridized carbons (Fsp3) is 0.182. The molecule has 1 amide bonds. The largest absolute Gasteiger partial charge is 0.424 e. The third kappa shape index (κ3) is 3.75. The molecule has 0 unspecified atom stereocenters. The summed E-state index contributed by atoms with van der Waals surface area (Å²) in [4.78, 5) is 25.0. The van der Waals surface area contributed by atoms with Crippen molar-refractivity contribution in [2.75, 3.05) is 5.32 Å². The number of amides is 1. The number of carbonyl (C=O) groups excluding carboxylic acids is 2. The lowest BCUT2D eigenvalue weighted by Gasteiger charge is -2.18. The summed E-state index contributed by atoms with van der Waals surface area (Å²) in [5.41, 5.74) is 0.398. The van der Waals surface area contributed by atoms with E-state index in [1.807, 2.05) is 36.4 Å². The van der Waals surface area contributed by atoms with Crippen LogP contribution in [0.1, 0.15) is 31.1 Å². The van der Waals surface area contributed by atoms with Gasteiger partial charge in [0.15, 0.2) is 5.75 Å². The molecule has 0 radical (unpaired) electrons. The fourth-order valence-electron chi connectivity index (χ4n) is 2.52. The van der Waals surface area contributed by atoms with Crippen LogP contribution in [0.4, 0.5) is 5.69 Å². The molecule has 0 saturated heterocycles. The predicted octanol–water partition coefficient (Wildman–Crippen LogP) is 5.04. The van der Waals surface area contributed by atoms with Gasteiger partial charge in [0.1, 0.15) is 0 Å². The Bertz CT molecular complexity index is 965. The minimum Gasteiger partial charge on any atom is -0.424 e.